The Labute approximate surface area is 142 Å². The van der Waals surface area contributed by atoms with Crippen LogP contribution in [-0.4, -0.2) is 16.7 Å². The van der Waals surface area contributed by atoms with Crippen LogP contribution in [0.2, 0.25) is 5.02 Å². The molecule has 3 fully saturated rings. The number of fused-ring (bicyclic) bond motifs is 3. The predicted molar refractivity (Wildman–Crippen MR) is 85.4 cm³/mol. The molecule has 1 aliphatic heterocycles. The number of hydrogen-bond acceptors (Lipinski definition) is 4. The van der Waals surface area contributed by atoms with Gasteiger partial charge in [0, 0.05) is 12.1 Å². The number of halogens is 1. The summed E-state index contributed by atoms with van der Waals surface area (Å²) in [7, 11) is 0. The molecule has 1 aromatic rings. The minimum absolute atomic E-state index is 0.117. The van der Waals surface area contributed by atoms with Gasteiger partial charge in [-0.3, -0.25) is 19.7 Å². The molecule has 2 saturated carbocycles. The summed E-state index contributed by atoms with van der Waals surface area (Å²) in [5.41, 5.74) is 0.0606. The number of nitro groups is 1. The van der Waals surface area contributed by atoms with Crippen LogP contribution in [0.25, 0.3) is 0 Å². The molecular formula is C17H13ClN2O4. The predicted octanol–water partition coefficient (Wildman–Crippen LogP) is 2.95. The molecule has 2 amide bonds. The van der Waals surface area contributed by atoms with Gasteiger partial charge in [-0.05, 0) is 36.2 Å². The number of nitro benzene ring substituents is 1. The Morgan fingerprint density at radius 1 is 1.12 bits per heavy atom. The van der Waals surface area contributed by atoms with Gasteiger partial charge in [-0.1, -0.05) is 23.8 Å². The molecule has 1 aromatic carbocycles. The summed E-state index contributed by atoms with van der Waals surface area (Å²) in [6.45, 7) is 0. The van der Waals surface area contributed by atoms with Crippen LogP contribution in [0, 0.1) is 39.2 Å². The van der Waals surface area contributed by atoms with Crippen molar-refractivity contribution in [2.75, 3.05) is 4.90 Å². The number of carbonyl (C=O) groups excluding carboxylic acids is 2. The van der Waals surface area contributed by atoms with Crippen LogP contribution >= 0.6 is 11.6 Å². The van der Waals surface area contributed by atoms with Crippen LogP contribution in [-0.2, 0) is 9.59 Å². The third-order valence-electron chi connectivity index (χ3n) is 6.23. The Balaban J connectivity index is 1.59. The molecule has 122 valence electrons. The topological polar surface area (TPSA) is 80.5 Å². The molecule has 1 heterocycles. The third-order valence-corrected chi connectivity index (χ3v) is 6.55. The summed E-state index contributed by atoms with van der Waals surface area (Å²) in [5, 5.41) is 11.2. The number of amides is 2. The minimum atomic E-state index is -0.559. The molecule has 7 heteroatoms. The van der Waals surface area contributed by atoms with E-state index >= 15 is 0 Å². The number of nitrogens with zero attached hydrogens (tertiary/aromatic N) is 2. The van der Waals surface area contributed by atoms with Crippen LogP contribution in [0.4, 0.5) is 11.4 Å². The highest BCUT2D eigenvalue weighted by Crippen LogP contribution is 2.73. The Hall–Kier alpha value is -2.21. The zero-order valence-electron chi connectivity index (χ0n) is 12.5. The van der Waals surface area contributed by atoms with E-state index in [4.69, 9.17) is 11.6 Å². The van der Waals surface area contributed by atoms with Gasteiger partial charge < -0.3 is 0 Å². The van der Waals surface area contributed by atoms with Crippen LogP contribution in [0.3, 0.4) is 0 Å². The first kappa shape index (κ1) is 14.2. The zero-order chi connectivity index (χ0) is 16.8. The van der Waals surface area contributed by atoms with Gasteiger partial charge in [0.05, 0.1) is 27.5 Å². The van der Waals surface area contributed by atoms with Crippen molar-refractivity contribution in [2.24, 2.45) is 29.1 Å². The molecule has 24 heavy (non-hydrogen) atoms. The zero-order valence-corrected chi connectivity index (χ0v) is 13.3. The number of imide groups is 1. The maximum absolute atomic E-state index is 13.0. The van der Waals surface area contributed by atoms with Crippen molar-refractivity contribution in [3.8, 4) is 0 Å². The van der Waals surface area contributed by atoms with Gasteiger partial charge in [0.2, 0.25) is 11.8 Å². The lowest BCUT2D eigenvalue weighted by Crippen LogP contribution is -2.35. The second-order valence-corrected chi connectivity index (χ2v) is 7.53. The summed E-state index contributed by atoms with van der Waals surface area (Å²) in [4.78, 5) is 37.5. The standard InChI is InChI=1S/C17H13ClN2O4/c18-11-4-1-8(20(23)24)7-12(11)19-15(21)13-9-2-3-10(14(13)16(19)22)17(9)5-6-17/h1-4,7,9-10,13-14H,5-6H2/t9-,10+,13-,14+. The fourth-order valence-corrected chi connectivity index (χ4v) is 5.30. The lowest BCUT2D eigenvalue weighted by molar-refractivity contribution is -0.384. The number of benzene rings is 1. The Morgan fingerprint density at radius 3 is 2.21 bits per heavy atom. The first-order valence-corrected chi connectivity index (χ1v) is 8.33. The van der Waals surface area contributed by atoms with E-state index in [0.717, 1.165) is 17.7 Å². The van der Waals surface area contributed by atoms with Gasteiger partial charge in [-0.2, -0.15) is 0 Å². The van der Waals surface area contributed by atoms with E-state index in [9.17, 15) is 19.7 Å². The fraction of sp³-hybridized carbons (Fsp3) is 0.412. The van der Waals surface area contributed by atoms with Crippen molar-refractivity contribution in [2.45, 2.75) is 12.8 Å². The van der Waals surface area contributed by atoms with E-state index in [1.54, 1.807) is 0 Å². The Morgan fingerprint density at radius 2 is 1.71 bits per heavy atom. The van der Waals surface area contributed by atoms with Crippen molar-refractivity contribution >= 4 is 34.8 Å². The van der Waals surface area contributed by atoms with Crippen molar-refractivity contribution in [1.82, 2.24) is 0 Å². The number of carbonyl (C=O) groups is 2. The Bertz CT molecular complexity index is 826. The highest BCUT2D eigenvalue weighted by Gasteiger charge is 2.73. The summed E-state index contributed by atoms with van der Waals surface area (Å²) >= 11 is 6.14. The smallest absolute Gasteiger partial charge is 0.271 e. The minimum Gasteiger partial charge on any atom is -0.274 e. The lowest BCUT2D eigenvalue weighted by atomic mass is 9.85. The van der Waals surface area contributed by atoms with Crippen LogP contribution in [0.5, 0.6) is 0 Å². The molecule has 0 aromatic heterocycles. The molecule has 3 aliphatic carbocycles. The normalized spacial score (nSPS) is 34.3. The molecule has 2 bridgehead atoms. The molecule has 5 rings (SSSR count). The largest absolute Gasteiger partial charge is 0.274 e. The van der Waals surface area contributed by atoms with Crippen molar-refractivity contribution in [3.63, 3.8) is 0 Å². The molecule has 0 unspecified atom stereocenters. The van der Waals surface area contributed by atoms with Crippen LogP contribution < -0.4 is 4.90 Å². The van der Waals surface area contributed by atoms with Crippen LogP contribution in [0.1, 0.15) is 12.8 Å². The Kier molecular flexibility index (Phi) is 2.51. The number of anilines is 1. The molecule has 6 nitrogen and oxygen atoms in total. The average molecular weight is 345 g/mol. The van der Waals surface area contributed by atoms with Crippen molar-refractivity contribution < 1.29 is 14.5 Å². The van der Waals surface area contributed by atoms with E-state index in [-0.39, 0.29) is 57.3 Å². The lowest BCUT2D eigenvalue weighted by Gasteiger charge is -2.22. The number of allylic oxidation sites excluding steroid dienone is 2. The summed E-state index contributed by atoms with van der Waals surface area (Å²) in [6, 6.07) is 3.84. The molecule has 0 radical (unpaired) electrons. The van der Waals surface area contributed by atoms with Gasteiger partial charge in [0.15, 0.2) is 0 Å². The van der Waals surface area contributed by atoms with Gasteiger partial charge in [-0.15, -0.1) is 0 Å². The maximum atomic E-state index is 13.0. The molecule has 1 spiro atoms. The van der Waals surface area contributed by atoms with Gasteiger partial charge in [-0.25, -0.2) is 4.90 Å². The molecule has 0 N–H and O–H groups in total. The molecule has 4 atom stereocenters. The van der Waals surface area contributed by atoms with Crippen molar-refractivity contribution in [1.29, 1.82) is 0 Å². The first-order chi connectivity index (χ1) is 11.5. The van der Waals surface area contributed by atoms with E-state index in [2.05, 4.69) is 12.2 Å². The maximum Gasteiger partial charge on any atom is 0.271 e. The average Bonchev–Trinajstić information content (AvgIpc) is 3.14. The first-order valence-electron chi connectivity index (χ1n) is 7.96. The number of rotatable bonds is 2. The van der Waals surface area contributed by atoms with E-state index in [1.165, 1.54) is 18.2 Å². The monoisotopic (exact) mass is 344 g/mol. The second-order valence-electron chi connectivity index (χ2n) is 7.13. The third kappa shape index (κ3) is 1.48. The number of non-ortho nitro benzene ring substituents is 1. The van der Waals surface area contributed by atoms with Crippen molar-refractivity contribution in [3.05, 3.63) is 45.5 Å². The molecule has 4 aliphatic rings. The molecular weight excluding hydrogens is 332 g/mol. The van der Waals surface area contributed by atoms with Crippen LogP contribution in [0.15, 0.2) is 30.4 Å². The molecule has 1 saturated heterocycles. The van der Waals surface area contributed by atoms with E-state index < -0.39 is 4.92 Å². The van der Waals surface area contributed by atoms with Gasteiger partial charge in [0.1, 0.15) is 0 Å². The second kappa shape index (κ2) is 4.25. The summed E-state index contributed by atoms with van der Waals surface area (Å²) < 4.78 is 0. The highest BCUT2D eigenvalue weighted by atomic mass is 35.5. The quantitative estimate of drug-likeness (QED) is 0.357. The van der Waals surface area contributed by atoms with E-state index in [0.29, 0.717) is 0 Å². The van der Waals surface area contributed by atoms with Gasteiger partial charge >= 0.3 is 0 Å². The highest BCUT2D eigenvalue weighted by molar-refractivity contribution is 6.36. The van der Waals surface area contributed by atoms with E-state index in [1.807, 2.05) is 0 Å². The summed E-state index contributed by atoms with van der Waals surface area (Å²) in [6.07, 6.45) is 6.31. The van der Waals surface area contributed by atoms with Gasteiger partial charge in [0.25, 0.3) is 5.69 Å². The SMILES string of the molecule is O=C1[C@@H]2[C@H](C(=O)N1c1cc([N+](=O)[O-])ccc1Cl)[C@H]1C=C[C@@H]2C12CC2. The number of hydrogen-bond donors (Lipinski definition) is 0. The fourth-order valence-electron chi connectivity index (χ4n) is 5.10. The summed E-state index contributed by atoms with van der Waals surface area (Å²) in [5.74, 6) is -0.987.